The summed E-state index contributed by atoms with van der Waals surface area (Å²) < 4.78 is 28.0. The molecule has 0 fully saturated rings. The van der Waals surface area contributed by atoms with Crippen molar-refractivity contribution in [3.05, 3.63) is 53.8 Å². The van der Waals surface area contributed by atoms with Crippen molar-refractivity contribution >= 4 is 17.6 Å². The van der Waals surface area contributed by atoms with Crippen molar-refractivity contribution in [2.75, 3.05) is 26.1 Å². The van der Waals surface area contributed by atoms with Crippen LogP contribution in [0, 0.1) is 5.82 Å². The van der Waals surface area contributed by atoms with Gasteiger partial charge >= 0.3 is 5.97 Å². The van der Waals surface area contributed by atoms with Crippen molar-refractivity contribution in [2.45, 2.75) is 0 Å². The van der Waals surface area contributed by atoms with Gasteiger partial charge in [0.05, 0.1) is 19.8 Å². The van der Waals surface area contributed by atoms with Crippen molar-refractivity contribution in [2.24, 2.45) is 0 Å². The molecule has 1 amide bonds. The van der Waals surface area contributed by atoms with Crippen molar-refractivity contribution in [1.29, 1.82) is 0 Å². The van der Waals surface area contributed by atoms with Gasteiger partial charge in [-0.1, -0.05) is 0 Å². The first-order chi connectivity index (χ1) is 11.5. The second-order valence-corrected chi connectivity index (χ2v) is 4.70. The molecule has 0 bridgehead atoms. The van der Waals surface area contributed by atoms with Crippen LogP contribution >= 0.6 is 0 Å². The van der Waals surface area contributed by atoms with E-state index in [-0.39, 0.29) is 12.4 Å². The molecular formula is C17H16FNO5. The van der Waals surface area contributed by atoms with Crippen LogP contribution in [-0.2, 0) is 9.53 Å². The fourth-order valence-electron chi connectivity index (χ4n) is 1.91. The molecule has 0 radical (unpaired) electrons. The number of methoxy groups -OCH3 is 2. The highest BCUT2D eigenvalue weighted by molar-refractivity contribution is 5.92. The van der Waals surface area contributed by atoms with Gasteiger partial charge in [-0.15, -0.1) is 0 Å². The van der Waals surface area contributed by atoms with E-state index in [1.165, 1.54) is 56.7 Å². The zero-order valence-electron chi connectivity index (χ0n) is 13.2. The molecule has 0 aliphatic heterocycles. The second-order valence-electron chi connectivity index (χ2n) is 4.70. The highest BCUT2D eigenvalue weighted by Crippen LogP contribution is 2.28. The molecule has 0 unspecified atom stereocenters. The van der Waals surface area contributed by atoms with E-state index in [0.29, 0.717) is 22.7 Å². The predicted octanol–water partition coefficient (Wildman–Crippen LogP) is 2.64. The molecule has 24 heavy (non-hydrogen) atoms. The zero-order chi connectivity index (χ0) is 17.5. The molecule has 0 heterocycles. The standard InChI is InChI=1S/C17H16FNO5/c1-22-15-9-11(17(21)23-2)3-8-14(15)24-10-16(20)19-13-6-4-12(18)5-7-13/h3-9H,10H2,1-2H3,(H,19,20). The molecule has 0 aliphatic rings. The Balaban J connectivity index is 1.99. The molecule has 2 aromatic carbocycles. The first kappa shape index (κ1) is 17.3. The molecule has 126 valence electrons. The van der Waals surface area contributed by atoms with Crippen LogP contribution in [0.3, 0.4) is 0 Å². The summed E-state index contributed by atoms with van der Waals surface area (Å²) in [4.78, 5) is 23.3. The number of hydrogen-bond donors (Lipinski definition) is 1. The van der Waals surface area contributed by atoms with E-state index in [4.69, 9.17) is 9.47 Å². The number of halogens is 1. The normalized spacial score (nSPS) is 9.96. The van der Waals surface area contributed by atoms with Gasteiger partial charge in [0.1, 0.15) is 5.82 Å². The van der Waals surface area contributed by atoms with Gasteiger partial charge in [-0.2, -0.15) is 0 Å². The van der Waals surface area contributed by atoms with E-state index in [1.807, 2.05) is 0 Å². The highest BCUT2D eigenvalue weighted by atomic mass is 19.1. The van der Waals surface area contributed by atoms with Crippen LogP contribution < -0.4 is 14.8 Å². The second kappa shape index (κ2) is 7.96. The highest BCUT2D eigenvalue weighted by Gasteiger charge is 2.12. The van der Waals surface area contributed by atoms with Gasteiger partial charge < -0.3 is 19.5 Å². The van der Waals surface area contributed by atoms with Crippen LogP contribution in [0.1, 0.15) is 10.4 Å². The van der Waals surface area contributed by atoms with Gasteiger partial charge in [0.2, 0.25) is 0 Å². The maximum atomic E-state index is 12.8. The summed E-state index contributed by atoms with van der Waals surface area (Å²) in [7, 11) is 2.70. The third-order valence-corrected chi connectivity index (χ3v) is 3.07. The van der Waals surface area contributed by atoms with Crippen LogP contribution in [-0.4, -0.2) is 32.7 Å². The van der Waals surface area contributed by atoms with E-state index in [2.05, 4.69) is 10.1 Å². The number of esters is 1. The van der Waals surface area contributed by atoms with E-state index < -0.39 is 11.9 Å². The number of hydrogen-bond acceptors (Lipinski definition) is 5. The Labute approximate surface area is 138 Å². The van der Waals surface area contributed by atoms with Gasteiger partial charge in [0.25, 0.3) is 5.91 Å². The van der Waals surface area contributed by atoms with E-state index in [9.17, 15) is 14.0 Å². The average Bonchev–Trinajstić information content (AvgIpc) is 2.61. The molecule has 1 N–H and O–H groups in total. The van der Waals surface area contributed by atoms with Gasteiger partial charge in [0, 0.05) is 5.69 Å². The number of nitrogens with one attached hydrogen (secondary N) is 1. The van der Waals surface area contributed by atoms with Crippen LogP contribution in [0.15, 0.2) is 42.5 Å². The maximum absolute atomic E-state index is 12.8. The Hall–Kier alpha value is -3.09. The van der Waals surface area contributed by atoms with Crippen LogP contribution in [0.25, 0.3) is 0 Å². The third kappa shape index (κ3) is 4.45. The fourth-order valence-corrected chi connectivity index (χ4v) is 1.91. The molecular weight excluding hydrogens is 317 g/mol. The third-order valence-electron chi connectivity index (χ3n) is 3.07. The lowest BCUT2D eigenvalue weighted by Crippen LogP contribution is -2.20. The first-order valence-corrected chi connectivity index (χ1v) is 6.98. The Morgan fingerprint density at radius 3 is 2.38 bits per heavy atom. The molecule has 0 saturated heterocycles. The van der Waals surface area contributed by atoms with Crippen molar-refractivity contribution in [3.63, 3.8) is 0 Å². The Morgan fingerprint density at radius 2 is 1.75 bits per heavy atom. The lowest BCUT2D eigenvalue weighted by molar-refractivity contribution is -0.118. The Kier molecular flexibility index (Phi) is 5.73. The van der Waals surface area contributed by atoms with E-state index >= 15 is 0 Å². The number of ether oxygens (including phenoxy) is 3. The summed E-state index contributed by atoms with van der Waals surface area (Å²) in [5.74, 6) is -0.707. The predicted molar refractivity (Wildman–Crippen MR) is 84.9 cm³/mol. The Morgan fingerprint density at radius 1 is 1.04 bits per heavy atom. The van der Waals surface area contributed by atoms with E-state index in [0.717, 1.165) is 0 Å². The minimum Gasteiger partial charge on any atom is -0.493 e. The topological polar surface area (TPSA) is 73.9 Å². The lowest BCUT2D eigenvalue weighted by Gasteiger charge is -2.12. The summed E-state index contributed by atoms with van der Waals surface area (Å²) in [6.45, 7) is -0.273. The summed E-state index contributed by atoms with van der Waals surface area (Å²) in [6.07, 6.45) is 0. The summed E-state index contributed by atoms with van der Waals surface area (Å²) >= 11 is 0. The number of benzene rings is 2. The molecule has 0 saturated carbocycles. The van der Waals surface area contributed by atoms with Gasteiger partial charge in [-0.3, -0.25) is 4.79 Å². The minimum absolute atomic E-state index is 0.273. The molecule has 6 nitrogen and oxygen atoms in total. The molecule has 2 aromatic rings. The summed E-state index contributed by atoms with van der Waals surface area (Å²) in [5.41, 5.74) is 0.760. The first-order valence-electron chi connectivity index (χ1n) is 6.98. The van der Waals surface area contributed by atoms with Crippen LogP contribution in [0.5, 0.6) is 11.5 Å². The number of rotatable bonds is 6. The number of carbonyl (C=O) groups is 2. The molecule has 0 aromatic heterocycles. The smallest absolute Gasteiger partial charge is 0.337 e. The van der Waals surface area contributed by atoms with Gasteiger partial charge in [0.15, 0.2) is 18.1 Å². The molecule has 0 atom stereocenters. The SMILES string of the molecule is COC(=O)c1ccc(OCC(=O)Nc2ccc(F)cc2)c(OC)c1. The summed E-state index contributed by atoms with van der Waals surface area (Å²) in [6, 6.07) is 9.84. The monoisotopic (exact) mass is 333 g/mol. The number of anilines is 1. The van der Waals surface area contributed by atoms with Crippen molar-refractivity contribution in [1.82, 2.24) is 0 Å². The minimum atomic E-state index is -0.506. The molecule has 0 spiro atoms. The van der Waals surface area contributed by atoms with Gasteiger partial charge in [-0.25, -0.2) is 9.18 Å². The van der Waals surface area contributed by atoms with Crippen molar-refractivity contribution < 1.29 is 28.2 Å². The molecule has 2 rings (SSSR count). The van der Waals surface area contributed by atoms with Crippen LogP contribution in [0.4, 0.5) is 10.1 Å². The fraction of sp³-hybridized carbons (Fsp3) is 0.176. The lowest BCUT2D eigenvalue weighted by atomic mass is 10.2. The zero-order valence-corrected chi connectivity index (χ0v) is 13.2. The average molecular weight is 333 g/mol. The largest absolute Gasteiger partial charge is 0.493 e. The number of carbonyl (C=O) groups excluding carboxylic acids is 2. The van der Waals surface area contributed by atoms with Crippen molar-refractivity contribution in [3.8, 4) is 11.5 Å². The Bertz CT molecular complexity index is 730. The number of amides is 1. The molecule has 7 heteroatoms. The summed E-state index contributed by atoms with van der Waals surface area (Å²) in [5, 5.41) is 2.57. The van der Waals surface area contributed by atoms with E-state index in [1.54, 1.807) is 0 Å². The maximum Gasteiger partial charge on any atom is 0.337 e. The quantitative estimate of drug-likeness (QED) is 0.823. The van der Waals surface area contributed by atoms with Crippen LogP contribution in [0.2, 0.25) is 0 Å². The van der Waals surface area contributed by atoms with Gasteiger partial charge in [-0.05, 0) is 42.5 Å². The molecule has 0 aliphatic carbocycles.